The number of nitrogens with zero attached hydrogens (tertiary/aromatic N) is 1. The van der Waals surface area contributed by atoms with E-state index in [1.54, 1.807) is 0 Å². The Morgan fingerprint density at radius 3 is 2.57 bits per heavy atom. The molecule has 1 aromatic heterocycles. The predicted octanol–water partition coefficient (Wildman–Crippen LogP) is 5.27. The molecule has 0 aliphatic heterocycles. The number of hydrogen-bond acceptors (Lipinski definition) is 3. The molecule has 3 nitrogen and oxygen atoms in total. The van der Waals surface area contributed by atoms with Gasteiger partial charge in [0.05, 0.1) is 6.61 Å². The van der Waals surface area contributed by atoms with Crippen LogP contribution in [-0.2, 0) is 6.54 Å². The van der Waals surface area contributed by atoms with Crippen molar-refractivity contribution in [1.82, 2.24) is 4.98 Å². The third kappa shape index (κ3) is 5.93. The number of anilines is 1. The summed E-state index contributed by atoms with van der Waals surface area (Å²) in [6.45, 7) is 7.88. The zero-order valence-electron chi connectivity index (χ0n) is 14.6. The Bertz CT molecular complexity index is 593. The Morgan fingerprint density at radius 2 is 1.83 bits per heavy atom. The van der Waals surface area contributed by atoms with Gasteiger partial charge in [0.15, 0.2) is 0 Å². The molecule has 124 valence electrons. The maximum absolute atomic E-state index is 6.01. The number of pyridine rings is 1. The first-order valence-electron chi connectivity index (χ1n) is 8.58. The van der Waals surface area contributed by atoms with Crippen LogP contribution in [0.4, 0.5) is 5.82 Å². The van der Waals surface area contributed by atoms with Crippen LogP contribution in [0.15, 0.2) is 36.5 Å². The minimum atomic E-state index is 0.723. The molecular weight excluding hydrogens is 284 g/mol. The van der Waals surface area contributed by atoms with Crippen molar-refractivity contribution in [2.24, 2.45) is 0 Å². The van der Waals surface area contributed by atoms with Gasteiger partial charge in [-0.3, -0.25) is 0 Å². The quantitative estimate of drug-likeness (QED) is 0.640. The molecule has 2 aromatic rings. The van der Waals surface area contributed by atoms with Crippen LogP contribution in [0.2, 0.25) is 0 Å². The summed E-state index contributed by atoms with van der Waals surface area (Å²) >= 11 is 0. The van der Waals surface area contributed by atoms with E-state index in [0.29, 0.717) is 0 Å². The van der Waals surface area contributed by atoms with Crippen molar-refractivity contribution in [2.75, 3.05) is 11.9 Å². The number of rotatable bonds is 9. The molecule has 0 unspecified atom stereocenters. The molecule has 1 N–H and O–H groups in total. The van der Waals surface area contributed by atoms with Gasteiger partial charge < -0.3 is 10.1 Å². The number of unbranched alkanes of at least 4 members (excludes halogenated alkanes) is 3. The highest BCUT2D eigenvalue weighted by Crippen LogP contribution is 2.22. The molecule has 0 fully saturated rings. The van der Waals surface area contributed by atoms with Crippen molar-refractivity contribution in [2.45, 2.75) is 53.0 Å². The molecule has 0 saturated heterocycles. The lowest BCUT2D eigenvalue weighted by atomic mass is 10.1. The second-order valence-electron chi connectivity index (χ2n) is 6.09. The van der Waals surface area contributed by atoms with Gasteiger partial charge in [0.1, 0.15) is 11.6 Å². The second kappa shape index (κ2) is 9.19. The zero-order valence-corrected chi connectivity index (χ0v) is 14.6. The number of aromatic nitrogens is 1. The number of aryl methyl sites for hydroxylation is 2. The van der Waals surface area contributed by atoms with Crippen molar-refractivity contribution < 1.29 is 4.74 Å². The van der Waals surface area contributed by atoms with Gasteiger partial charge in [-0.1, -0.05) is 44.4 Å². The van der Waals surface area contributed by atoms with Crippen LogP contribution in [-0.4, -0.2) is 11.6 Å². The number of nitrogens with one attached hydrogen (secondary N) is 1. The second-order valence-corrected chi connectivity index (χ2v) is 6.09. The minimum Gasteiger partial charge on any atom is -0.493 e. The molecule has 0 bridgehead atoms. The molecule has 0 radical (unpaired) electrons. The summed E-state index contributed by atoms with van der Waals surface area (Å²) < 4.78 is 6.01. The van der Waals surface area contributed by atoms with Crippen molar-refractivity contribution in [1.29, 1.82) is 0 Å². The summed E-state index contributed by atoms with van der Waals surface area (Å²) in [5, 5.41) is 3.37. The summed E-state index contributed by atoms with van der Waals surface area (Å²) in [6.07, 6.45) is 6.77. The topological polar surface area (TPSA) is 34.1 Å². The molecule has 0 spiro atoms. The molecule has 0 aliphatic rings. The number of hydrogen-bond donors (Lipinski definition) is 1. The average Bonchev–Trinajstić information content (AvgIpc) is 2.55. The van der Waals surface area contributed by atoms with E-state index in [0.717, 1.165) is 31.1 Å². The lowest BCUT2D eigenvalue weighted by molar-refractivity contribution is 0.302. The van der Waals surface area contributed by atoms with E-state index < -0.39 is 0 Å². The number of benzene rings is 1. The SMILES string of the molecule is CCCCCCOc1cc(C)ccc1CNc1ccc(C)cn1. The fourth-order valence-corrected chi connectivity index (χ4v) is 2.41. The molecule has 23 heavy (non-hydrogen) atoms. The first kappa shape index (κ1) is 17.3. The predicted molar refractivity (Wildman–Crippen MR) is 97.1 cm³/mol. The van der Waals surface area contributed by atoms with E-state index in [1.807, 2.05) is 19.2 Å². The first-order valence-corrected chi connectivity index (χ1v) is 8.58. The summed E-state index contributed by atoms with van der Waals surface area (Å²) in [6, 6.07) is 10.5. The summed E-state index contributed by atoms with van der Waals surface area (Å²) in [4.78, 5) is 4.38. The van der Waals surface area contributed by atoms with Crippen LogP contribution in [0.1, 0.15) is 49.3 Å². The van der Waals surface area contributed by atoms with Crippen molar-refractivity contribution in [3.8, 4) is 5.75 Å². The normalized spacial score (nSPS) is 10.6. The maximum atomic E-state index is 6.01. The zero-order chi connectivity index (χ0) is 16.5. The van der Waals surface area contributed by atoms with Crippen LogP contribution >= 0.6 is 0 Å². The Balaban J connectivity index is 1.93. The van der Waals surface area contributed by atoms with Gasteiger partial charge in [-0.2, -0.15) is 0 Å². The van der Waals surface area contributed by atoms with Crippen LogP contribution in [0.25, 0.3) is 0 Å². The monoisotopic (exact) mass is 312 g/mol. The standard InChI is InChI=1S/C20H28N2O/c1-4-5-6-7-12-23-19-13-16(2)8-10-18(19)15-22-20-11-9-17(3)14-21-20/h8-11,13-14H,4-7,12,15H2,1-3H3,(H,21,22). The molecule has 3 heteroatoms. The molecule has 0 amide bonds. The highest BCUT2D eigenvalue weighted by atomic mass is 16.5. The Kier molecular flexibility index (Phi) is 6.92. The van der Waals surface area contributed by atoms with Crippen LogP contribution in [0, 0.1) is 13.8 Å². The van der Waals surface area contributed by atoms with E-state index in [1.165, 1.54) is 36.0 Å². The van der Waals surface area contributed by atoms with Crippen LogP contribution in [0.5, 0.6) is 5.75 Å². The largest absolute Gasteiger partial charge is 0.493 e. The Labute approximate surface area is 140 Å². The summed E-state index contributed by atoms with van der Waals surface area (Å²) in [7, 11) is 0. The van der Waals surface area contributed by atoms with Crippen LogP contribution < -0.4 is 10.1 Å². The maximum Gasteiger partial charge on any atom is 0.126 e. The van der Waals surface area contributed by atoms with Crippen molar-refractivity contribution >= 4 is 5.82 Å². The fraction of sp³-hybridized carbons (Fsp3) is 0.450. The molecular formula is C20H28N2O. The highest BCUT2D eigenvalue weighted by molar-refractivity contribution is 5.42. The summed E-state index contributed by atoms with van der Waals surface area (Å²) in [5.41, 5.74) is 3.57. The molecule has 1 heterocycles. The molecule has 0 atom stereocenters. The van der Waals surface area contributed by atoms with Crippen molar-refractivity contribution in [3.63, 3.8) is 0 Å². The third-order valence-corrected chi connectivity index (χ3v) is 3.85. The summed E-state index contributed by atoms with van der Waals surface area (Å²) in [5.74, 6) is 1.88. The van der Waals surface area contributed by atoms with E-state index in [4.69, 9.17) is 4.74 Å². The van der Waals surface area contributed by atoms with Crippen LogP contribution in [0.3, 0.4) is 0 Å². The molecule has 0 saturated carbocycles. The van der Waals surface area contributed by atoms with Gasteiger partial charge in [-0.05, 0) is 43.5 Å². The highest BCUT2D eigenvalue weighted by Gasteiger charge is 2.05. The lowest BCUT2D eigenvalue weighted by Gasteiger charge is -2.13. The Hall–Kier alpha value is -2.03. The van der Waals surface area contributed by atoms with Crippen molar-refractivity contribution in [3.05, 3.63) is 53.2 Å². The minimum absolute atomic E-state index is 0.723. The van der Waals surface area contributed by atoms with Gasteiger partial charge >= 0.3 is 0 Å². The molecule has 2 rings (SSSR count). The number of ether oxygens (including phenoxy) is 1. The first-order chi connectivity index (χ1) is 11.2. The van der Waals surface area contributed by atoms with Gasteiger partial charge in [-0.15, -0.1) is 0 Å². The van der Waals surface area contributed by atoms with Gasteiger partial charge in [-0.25, -0.2) is 4.98 Å². The molecule has 0 aliphatic carbocycles. The van der Waals surface area contributed by atoms with E-state index in [2.05, 4.69) is 48.4 Å². The van der Waals surface area contributed by atoms with Gasteiger partial charge in [0.25, 0.3) is 0 Å². The lowest BCUT2D eigenvalue weighted by Crippen LogP contribution is -2.06. The van der Waals surface area contributed by atoms with E-state index in [-0.39, 0.29) is 0 Å². The third-order valence-electron chi connectivity index (χ3n) is 3.85. The Morgan fingerprint density at radius 1 is 1.00 bits per heavy atom. The van der Waals surface area contributed by atoms with Gasteiger partial charge in [0, 0.05) is 18.3 Å². The van der Waals surface area contributed by atoms with E-state index >= 15 is 0 Å². The average molecular weight is 312 g/mol. The smallest absolute Gasteiger partial charge is 0.126 e. The molecule has 1 aromatic carbocycles. The van der Waals surface area contributed by atoms with Gasteiger partial charge in [0.2, 0.25) is 0 Å². The fourth-order valence-electron chi connectivity index (χ4n) is 2.41. The van der Waals surface area contributed by atoms with E-state index in [9.17, 15) is 0 Å².